The highest BCUT2D eigenvalue weighted by Gasteiger charge is 2.24. The van der Waals surface area contributed by atoms with Crippen LogP contribution in [0.2, 0.25) is 0 Å². The number of rotatable bonds is 5. The van der Waals surface area contributed by atoms with Crippen LogP contribution in [-0.2, 0) is 17.9 Å². The molecule has 0 bridgehead atoms. The van der Waals surface area contributed by atoms with Crippen LogP contribution in [0, 0.1) is 0 Å². The molecule has 1 saturated heterocycles. The summed E-state index contributed by atoms with van der Waals surface area (Å²) in [4.78, 5) is 26.4. The first-order valence-corrected chi connectivity index (χ1v) is 8.68. The molecule has 0 atom stereocenters. The van der Waals surface area contributed by atoms with Gasteiger partial charge in [0.1, 0.15) is 12.4 Å². The molecule has 0 saturated carbocycles. The van der Waals surface area contributed by atoms with E-state index in [1.54, 1.807) is 18.7 Å². The number of carbonyl (C=O) groups is 1. The van der Waals surface area contributed by atoms with Gasteiger partial charge in [-0.2, -0.15) is 5.10 Å². The zero-order valence-electron chi connectivity index (χ0n) is 15.2. The van der Waals surface area contributed by atoms with Crippen molar-refractivity contribution >= 4 is 18.3 Å². The van der Waals surface area contributed by atoms with Gasteiger partial charge < -0.3 is 10.2 Å². The zero-order chi connectivity index (χ0) is 17.8. The second-order valence-electron chi connectivity index (χ2n) is 6.68. The van der Waals surface area contributed by atoms with Crippen LogP contribution in [0.15, 0.2) is 35.1 Å². The monoisotopic (exact) mass is 379 g/mol. The highest BCUT2D eigenvalue weighted by molar-refractivity contribution is 5.85. The van der Waals surface area contributed by atoms with Crippen molar-refractivity contribution in [1.29, 1.82) is 0 Å². The van der Waals surface area contributed by atoms with Gasteiger partial charge in [0.15, 0.2) is 0 Å². The molecule has 3 rings (SSSR count). The van der Waals surface area contributed by atoms with Gasteiger partial charge in [0, 0.05) is 20.0 Å². The first kappa shape index (κ1) is 20.2. The van der Waals surface area contributed by atoms with E-state index in [0.29, 0.717) is 6.54 Å². The Labute approximate surface area is 159 Å². The van der Waals surface area contributed by atoms with E-state index in [4.69, 9.17) is 0 Å². The van der Waals surface area contributed by atoms with Crippen molar-refractivity contribution in [2.75, 3.05) is 27.2 Å². The first-order chi connectivity index (χ1) is 12.1. The molecule has 1 fully saturated rings. The maximum atomic E-state index is 12.9. The fourth-order valence-corrected chi connectivity index (χ4v) is 3.13. The molecule has 1 aromatic carbocycles. The van der Waals surface area contributed by atoms with Gasteiger partial charge in [0.25, 0.3) is 0 Å². The largest absolute Gasteiger partial charge is 0.347 e. The van der Waals surface area contributed by atoms with Crippen molar-refractivity contribution < 1.29 is 4.79 Å². The molecule has 142 valence electrons. The maximum absolute atomic E-state index is 12.9. The normalized spacial score (nSPS) is 14.7. The average molecular weight is 380 g/mol. The molecule has 0 aliphatic carbocycles. The van der Waals surface area contributed by atoms with Crippen molar-refractivity contribution in [2.45, 2.75) is 31.8 Å². The summed E-state index contributed by atoms with van der Waals surface area (Å²) in [7, 11) is 3.37. The summed E-state index contributed by atoms with van der Waals surface area (Å²) in [6.07, 6.45) is 1.90. The summed E-state index contributed by atoms with van der Waals surface area (Å²) >= 11 is 0. The van der Waals surface area contributed by atoms with Crippen molar-refractivity contribution in [3.05, 3.63) is 52.2 Å². The lowest BCUT2D eigenvalue weighted by Gasteiger charge is -2.22. The van der Waals surface area contributed by atoms with E-state index in [0.717, 1.165) is 37.3 Å². The Bertz CT molecular complexity index is 779. The SMILES string of the molecule is CN(C)C(=O)Cn1nc(C2CCNCC2)n(Cc2ccccc2)c1=O.Cl. The van der Waals surface area contributed by atoms with Crippen molar-refractivity contribution in [3.8, 4) is 0 Å². The van der Waals surface area contributed by atoms with Crippen LogP contribution in [0.3, 0.4) is 0 Å². The number of amides is 1. The van der Waals surface area contributed by atoms with Gasteiger partial charge in [-0.05, 0) is 31.5 Å². The smallest absolute Gasteiger partial charge is 0.346 e. The molecular formula is C18H26ClN5O2. The van der Waals surface area contributed by atoms with Crippen LogP contribution >= 0.6 is 12.4 Å². The number of piperidine rings is 1. The number of hydrogen-bond acceptors (Lipinski definition) is 4. The average Bonchev–Trinajstić information content (AvgIpc) is 2.93. The summed E-state index contributed by atoms with van der Waals surface area (Å²) < 4.78 is 3.04. The number of nitrogens with one attached hydrogen (secondary N) is 1. The van der Waals surface area contributed by atoms with E-state index < -0.39 is 0 Å². The molecule has 7 nitrogen and oxygen atoms in total. The minimum absolute atomic E-state index is 0. The predicted octanol–water partition coefficient (Wildman–Crippen LogP) is 1.07. The molecule has 0 unspecified atom stereocenters. The Morgan fingerprint density at radius 2 is 1.88 bits per heavy atom. The van der Waals surface area contributed by atoms with E-state index in [1.807, 2.05) is 30.3 Å². The molecule has 1 aliphatic rings. The third-order valence-corrected chi connectivity index (χ3v) is 4.62. The topological polar surface area (TPSA) is 72.2 Å². The highest BCUT2D eigenvalue weighted by atomic mass is 35.5. The summed E-state index contributed by atoms with van der Waals surface area (Å²) in [5.41, 5.74) is 0.839. The van der Waals surface area contributed by atoms with Gasteiger partial charge in [0.05, 0.1) is 6.54 Å². The molecule has 0 spiro atoms. The first-order valence-electron chi connectivity index (χ1n) is 8.68. The predicted molar refractivity (Wildman–Crippen MR) is 103 cm³/mol. The van der Waals surface area contributed by atoms with Gasteiger partial charge in [0.2, 0.25) is 5.91 Å². The third kappa shape index (κ3) is 4.53. The Kier molecular flexibility index (Phi) is 6.99. The maximum Gasteiger partial charge on any atom is 0.346 e. The van der Waals surface area contributed by atoms with Gasteiger partial charge in [-0.25, -0.2) is 9.48 Å². The Hall–Kier alpha value is -2.12. The Balaban J connectivity index is 0.00000243. The second-order valence-corrected chi connectivity index (χ2v) is 6.68. The lowest BCUT2D eigenvalue weighted by Crippen LogP contribution is -2.33. The molecule has 1 aliphatic heterocycles. The summed E-state index contributed by atoms with van der Waals surface area (Å²) in [6.45, 7) is 2.31. The highest BCUT2D eigenvalue weighted by Crippen LogP contribution is 2.23. The number of carbonyl (C=O) groups excluding carboxylic acids is 1. The summed E-state index contributed by atoms with van der Waals surface area (Å²) in [5, 5.41) is 7.88. The lowest BCUT2D eigenvalue weighted by atomic mass is 9.97. The van der Waals surface area contributed by atoms with Crippen molar-refractivity contribution in [1.82, 2.24) is 24.6 Å². The van der Waals surface area contributed by atoms with Gasteiger partial charge in [-0.3, -0.25) is 9.36 Å². The molecule has 8 heteroatoms. The lowest BCUT2D eigenvalue weighted by molar-refractivity contribution is -0.129. The minimum Gasteiger partial charge on any atom is -0.347 e. The van der Waals surface area contributed by atoms with Crippen LogP contribution < -0.4 is 11.0 Å². The van der Waals surface area contributed by atoms with Crippen molar-refractivity contribution in [2.24, 2.45) is 0 Å². The minimum atomic E-state index is -0.215. The van der Waals surface area contributed by atoms with E-state index in [-0.39, 0.29) is 36.5 Å². The number of hydrogen-bond donors (Lipinski definition) is 1. The van der Waals surface area contributed by atoms with E-state index in [9.17, 15) is 9.59 Å². The van der Waals surface area contributed by atoms with E-state index >= 15 is 0 Å². The fourth-order valence-electron chi connectivity index (χ4n) is 3.13. The standard InChI is InChI=1S/C18H25N5O2.ClH/c1-21(2)16(24)13-23-18(25)22(12-14-6-4-3-5-7-14)17(20-23)15-8-10-19-11-9-15;/h3-7,15,19H,8-13H2,1-2H3;1H. The summed E-state index contributed by atoms with van der Waals surface area (Å²) in [6, 6.07) is 9.89. The second kappa shape index (κ2) is 9.00. The van der Waals surface area contributed by atoms with Gasteiger partial charge in [-0.1, -0.05) is 30.3 Å². The number of halogens is 1. The number of likely N-dealkylation sites (N-methyl/N-ethyl adjacent to an activating group) is 1. The van der Waals surface area contributed by atoms with Crippen LogP contribution in [0.1, 0.15) is 30.1 Å². The number of nitrogens with zero attached hydrogens (tertiary/aromatic N) is 4. The molecular weight excluding hydrogens is 354 g/mol. The molecule has 2 aromatic rings. The molecule has 2 heterocycles. The van der Waals surface area contributed by atoms with Crippen LogP contribution in [-0.4, -0.2) is 52.3 Å². The third-order valence-electron chi connectivity index (χ3n) is 4.62. The molecule has 1 N–H and O–H groups in total. The molecule has 1 aromatic heterocycles. The van der Waals surface area contributed by atoms with E-state index in [1.165, 1.54) is 9.58 Å². The molecule has 0 radical (unpaired) electrons. The number of benzene rings is 1. The molecule has 26 heavy (non-hydrogen) atoms. The summed E-state index contributed by atoms with van der Waals surface area (Å²) in [5.74, 6) is 0.901. The Morgan fingerprint density at radius 3 is 2.50 bits per heavy atom. The van der Waals surface area contributed by atoms with Crippen molar-refractivity contribution in [3.63, 3.8) is 0 Å². The van der Waals surface area contributed by atoms with Gasteiger partial charge >= 0.3 is 5.69 Å². The fraction of sp³-hybridized carbons (Fsp3) is 0.500. The van der Waals surface area contributed by atoms with Crippen LogP contribution in [0.4, 0.5) is 0 Å². The Morgan fingerprint density at radius 1 is 1.23 bits per heavy atom. The zero-order valence-corrected chi connectivity index (χ0v) is 16.0. The van der Waals surface area contributed by atoms with Crippen LogP contribution in [0.25, 0.3) is 0 Å². The quantitative estimate of drug-likeness (QED) is 0.843. The molecule has 1 amide bonds. The van der Waals surface area contributed by atoms with Gasteiger partial charge in [-0.15, -0.1) is 12.4 Å². The number of aromatic nitrogens is 3. The van der Waals surface area contributed by atoms with E-state index in [2.05, 4.69) is 10.4 Å². The van der Waals surface area contributed by atoms with Crippen LogP contribution in [0.5, 0.6) is 0 Å².